The molecule has 9 nitrogen and oxygen atoms in total. The first-order valence-electron chi connectivity index (χ1n) is 8.58. The molecule has 0 spiro atoms. The Morgan fingerprint density at radius 2 is 1.39 bits per heavy atom. The first-order chi connectivity index (χ1) is 12.0. The molecule has 0 bridgehead atoms. The third-order valence-electron chi connectivity index (χ3n) is 4.25. The molecule has 0 amide bonds. The van der Waals surface area contributed by atoms with Crippen LogP contribution in [0, 0.1) is 0 Å². The van der Waals surface area contributed by atoms with Crippen LogP contribution in [0.15, 0.2) is 12.0 Å². The molecule has 0 saturated heterocycles. The second kappa shape index (κ2) is 15.8. The van der Waals surface area contributed by atoms with Crippen LogP contribution in [-0.2, 0) is 14.4 Å². The van der Waals surface area contributed by atoms with Crippen LogP contribution in [0.3, 0.4) is 0 Å². The van der Waals surface area contributed by atoms with Crippen molar-refractivity contribution in [2.75, 3.05) is 13.1 Å². The minimum atomic E-state index is -1.38. The number of aliphatic carboxylic acids is 3. The second-order valence-electron chi connectivity index (χ2n) is 6.20. The monoisotopic (exact) mass is 386 g/mol. The fraction of sp³-hybridized carbons (Fsp3) is 0.706. The minimum Gasteiger partial charge on any atom is -0.874 e. The van der Waals surface area contributed by atoms with E-state index in [9.17, 15) is 34.8 Å². The van der Waals surface area contributed by atoms with Crippen LogP contribution in [0.5, 0.6) is 0 Å². The predicted octanol–water partition coefficient (Wildman–Crippen LogP) is -6.93. The molecule has 0 aromatic carbocycles. The van der Waals surface area contributed by atoms with Gasteiger partial charge in [0.05, 0.1) is 12.0 Å². The maximum absolute atomic E-state index is 12.0. The van der Waals surface area contributed by atoms with Crippen molar-refractivity contribution in [3.05, 3.63) is 12.0 Å². The van der Waals surface area contributed by atoms with E-state index in [-0.39, 0.29) is 63.0 Å². The zero-order valence-corrected chi connectivity index (χ0v) is 17.7. The van der Waals surface area contributed by atoms with Crippen LogP contribution >= 0.6 is 0 Å². The molecular formula is C17H28Li2N2O7. The maximum atomic E-state index is 12.0. The molecule has 0 aliphatic rings. The Morgan fingerprint density at radius 3 is 1.75 bits per heavy atom. The largest absolute Gasteiger partial charge is 1.00 e. The van der Waals surface area contributed by atoms with Gasteiger partial charge in [0, 0.05) is 13.1 Å². The molecule has 2 N–H and O–H groups in total. The van der Waals surface area contributed by atoms with Gasteiger partial charge in [0.15, 0.2) is 0 Å². The fourth-order valence-electron chi connectivity index (χ4n) is 2.34. The van der Waals surface area contributed by atoms with Gasteiger partial charge in [-0.25, -0.2) is 0 Å². The molecule has 3 unspecified atom stereocenters. The molecule has 28 heavy (non-hydrogen) atoms. The SMILES string of the molecule is CCCC/C([O-])=C/N(CCN(C(C)C(=O)O)C(C)C(=O)O)C(C)C(=O)[O-].[Li+].[Li+]. The Labute approximate surface area is 190 Å². The Balaban J connectivity index is -0.00000312. The van der Waals surface area contributed by atoms with E-state index in [1.165, 1.54) is 36.8 Å². The van der Waals surface area contributed by atoms with E-state index < -0.39 is 36.0 Å². The summed E-state index contributed by atoms with van der Waals surface area (Å²) in [5.74, 6) is -4.01. The third kappa shape index (κ3) is 11.0. The molecule has 0 saturated carbocycles. The van der Waals surface area contributed by atoms with Crippen LogP contribution in [-0.4, -0.2) is 69.1 Å². The van der Waals surface area contributed by atoms with Gasteiger partial charge in [-0.15, -0.1) is 5.76 Å². The van der Waals surface area contributed by atoms with Crippen LogP contribution in [0.1, 0.15) is 47.0 Å². The van der Waals surface area contributed by atoms with Crippen LogP contribution in [0.4, 0.5) is 0 Å². The van der Waals surface area contributed by atoms with Crippen molar-refractivity contribution in [3.8, 4) is 0 Å². The average molecular weight is 386 g/mol. The van der Waals surface area contributed by atoms with E-state index in [0.29, 0.717) is 6.42 Å². The molecule has 0 aromatic heterocycles. The standard InChI is InChI=1S/C17H30N2O7.2Li/c1-5-6-7-14(20)10-18(11(2)15(21)22)8-9-19(12(3)16(23)24)13(4)17(25)26;;/h10-13,20H,5-9H2,1-4H3,(H,21,22)(H,23,24)(H,25,26);;/q;2*+1/p-2/b14-10-;;. The number of rotatable bonds is 13. The molecule has 0 aromatic rings. The number of allylic oxidation sites excluding steroid dienone is 1. The van der Waals surface area contributed by atoms with E-state index in [0.717, 1.165) is 6.42 Å². The summed E-state index contributed by atoms with van der Waals surface area (Å²) in [7, 11) is 0. The van der Waals surface area contributed by atoms with E-state index in [2.05, 4.69) is 0 Å². The summed E-state index contributed by atoms with van der Waals surface area (Å²) >= 11 is 0. The molecule has 0 fully saturated rings. The first-order valence-corrected chi connectivity index (χ1v) is 8.58. The molecule has 0 aliphatic heterocycles. The summed E-state index contributed by atoms with van der Waals surface area (Å²) in [5.41, 5.74) is 0. The van der Waals surface area contributed by atoms with Crippen molar-refractivity contribution in [2.45, 2.75) is 65.1 Å². The number of carbonyl (C=O) groups is 3. The molecule has 150 valence electrons. The molecule has 0 rings (SSSR count). The summed E-state index contributed by atoms with van der Waals surface area (Å²) in [5, 5.41) is 41.5. The molecular weight excluding hydrogens is 358 g/mol. The van der Waals surface area contributed by atoms with E-state index in [1.807, 2.05) is 6.92 Å². The number of carboxylic acids is 3. The van der Waals surface area contributed by atoms with Crippen molar-refractivity contribution < 1.29 is 72.5 Å². The molecule has 0 heterocycles. The summed E-state index contributed by atoms with van der Waals surface area (Å²) in [4.78, 5) is 36.1. The van der Waals surface area contributed by atoms with Gasteiger partial charge in [0.2, 0.25) is 0 Å². The van der Waals surface area contributed by atoms with E-state index in [1.54, 1.807) is 0 Å². The van der Waals surface area contributed by atoms with Crippen molar-refractivity contribution in [1.82, 2.24) is 9.80 Å². The van der Waals surface area contributed by atoms with Gasteiger partial charge in [0.25, 0.3) is 0 Å². The van der Waals surface area contributed by atoms with Gasteiger partial charge in [-0.1, -0.05) is 19.8 Å². The molecule has 0 aliphatic carbocycles. The van der Waals surface area contributed by atoms with Crippen molar-refractivity contribution in [1.29, 1.82) is 0 Å². The molecule has 11 heteroatoms. The molecule has 3 atom stereocenters. The van der Waals surface area contributed by atoms with E-state index in [4.69, 9.17) is 0 Å². The van der Waals surface area contributed by atoms with E-state index >= 15 is 0 Å². The summed E-state index contributed by atoms with van der Waals surface area (Å²) < 4.78 is 0. The zero-order chi connectivity index (χ0) is 20.4. The topological polar surface area (TPSA) is 144 Å². The third-order valence-corrected chi connectivity index (χ3v) is 4.25. The number of nitrogens with zero attached hydrogens (tertiary/aromatic N) is 2. The zero-order valence-electron chi connectivity index (χ0n) is 17.7. The summed E-state index contributed by atoms with van der Waals surface area (Å²) in [6.45, 7) is 5.91. The van der Waals surface area contributed by atoms with Crippen molar-refractivity contribution >= 4 is 17.9 Å². The number of carbonyl (C=O) groups excluding carboxylic acids is 1. The second-order valence-corrected chi connectivity index (χ2v) is 6.20. The fourth-order valence-corrected chi connectivity index (χ4v) is 2.34. The average Bonchev–Trinajstić information content (AvgIpc) is 2.57. The van der Waals surface area contributed by atoms with Crippen molar-refractivity contribution in [2.24, 2.45) is 0 Å². The normalized spacial score (nSPS) is 14.2. The predicted molar refractivity (Wildman–Crippen MR) is 89.7 cm³/mol. The quantitative estimate of drug-likeness (QED) is 0.233. The Morgan fingerprint density at radius 1 is 0.929 bits per heavy atom. The van der Waals surface area contributed by atoms with Gasteiger partial charge in [-0.2, -0.15) is 0 Å². The van der Waals surface area contributed by atoms with Crippen molar-refractivity contribution in [3.63, 3.8) is 0 Å². The van der Waals surface area contributed by atoms with Gasteiger partial charge < -0.3 is 30.1 Å². The van der Waals surface area contributed by atoms with Gasteiger partial charge in [-0.05, 0) is 33.4 Å². The summed E-state index contributed by atoms with van der Waals surface area (Å²) in [6, 6.07) is -3.28. The Kier molecular flexibility index (Phi) is 17.8. The maximum Gasteiger partial charge on any atom is 1.00 e. The van der Waals surface area contributed by atoms with Gasteiger partial charge in [0.1, 0.15) is 12.1 Å². The van der Waals surface area contributed by atoms with Gasteiger partial charge >= 0.3 is 49.7 Å². The van der Waals surface area contributed by atoms with Crippen LogP contribution in [0.25, 0.3) is 0 Å². The number of hydrogen-bond acceptors (Lipinski definition) is 7. The number of carboxylic acid groups (broad SMARTS) is 3. The van der Waals surface area contributed by atoms with Gasteiger partial charge in [-0.3, -0.25) is 14.5 Å². The summed E-state index contributed by atoms with van der Waals surface area (Å²) in [6.07, 6.45) is 2.94. The number of unbranched alkanes of at least 4 members (excludes halogenated alkanes) is 1. The smallest absolute Gasteiger partial charge is 0.874 e. The minimum absolute atomic E-state index is 0. The van der Waals surface area contributed by atoms with Crippen LogP contribution in [0.2, 0.25) is 0 Å². The Bertz CT molecular complexity index is 512. The Hall–Kier alpha value is -1.10. The van der Waals surface area contributed by atoms with Crippen LogP contribution < -0.4 is 47.9 Å². The first kappa shape index (κ1) is 31.6. The number of hydrogen-bond donors (Lipinski definition) is 2. The molecule has 0 radical (unpaired) electrons.